The van der Waals surface area contributed by atoms with Gasteiger partial charge in [-0.05, 0) is 0 Å². The van der Waals surface area contributed by atoms with Gasteiger partial charge in [-0.1, -0.05) is 47.8 Å². The Morgan fingerprint density at radius 3 is 2.46 bits per heavy atom. The summed E-state index contributed by atoms with van der Waals surface area (Å²) in [5.41, 5.74) is -0.461. The standard InChI is InChI=1S/C7H5Br3O3/c1-12-4-2-5(7(8,9)10)13-6(11)3-4/h2-3H,1H3. The maximum Gasteiger partial charge on any atom is 0.339 e. The van der Waals surface area contributed by atoms with Crippen molar-refractivity contribution in [2.75, 3.05) is 7.11 Å². The second-order valence-electron chi connectivity index (χ2n) is 2.18. The summed E-state index contributed by atoms with van der Waals surface area (Å²) < 4.78 is 9.08. The summed E-state index contributed by atoms with van der Waals surface area (Å²) in [6, 6.07) is 2.86. The van der Waals surface area contributed by atoms with Crippen LogP contribution in [0.25, 0.3) is 0 Å². The van der Waals surface area contributed by atoms with Gasteiger partial charge in [-0.2, -0.15) is 0 Å². The zero-order valence-electron chi connectivity index (χ0n) is 6.51. The number of hydrogen-bond acceptors (Lipinski definition) is 3. The minimum atomic E-state index is -0.735. The Bertz CT molecular complexity index is 353. The van der Waals surface area contributed by atoms with Crippen LogP contribution < -0.4 is 10.4 Å². The molecule has 1 heterocycles. The summed E-state index contributed by atoms with van der Waals surface area (Å²) in [5, 5.41) is 0. The molecule has 0 saturated carbocycles. The Morgan fingerprint density at radius 2 is 2.00 bits per heavy atom. The van der Waals surface area contributed by atoms with Crippen molar-refractivity contribution in [2.45, 2.75) is 2.14 Å². The van der Waals surface area contributed by atoms with Gasteiger partial charge in [0.25, 0.3) is 0 Å². The minimum absolute atomic E-state index is 0.386. The van der Waals surface area contributed by atoms with Crippen LogP contribution in [0, 0.1) is 0 Å². The lowest BCUT2D eigenvalue weighted by Crippen LogP contribution is -2.06. The number of methoxy groups -OCH3 is 1. The highest BCUT2D eigenvalue weighted by molar-refractivity contribution is 9.38. The first-order chi connectivity index (χ1) is 5.93. The van der Waals surface area contributed by atoms with Crippen LogP contribution in [0.4, 0.5) is 0 Å². The fourth-order valence-electron chi connectivity index (χ4n) is 0.712. The van der Waals surface area contributed by atoms with E-state index in [1.54, 1.807) is 6.07 Å². The number of ether oxygens (including phenoxy) is 1. The van der Waals surface area contributed by atoms with Gasteiger partial charge in [-0.3, -0.25) is 0 Å². The monoisotopic (exact) mass is 374 g/mol. The molecule has 3 nitrogen and oxygen atoms in total. The first-order valence-electron chi connectivity index (χ1n) is 3.20. The van der Waals surface area contributed by atoms with Gasteiger partial charge in [-0.15, -0.1) is 0 Å². The Labute approximate surface area is 99.8 Å². The molecule has 0 atom stereocenters. The van der Waals surface area contributed by atoms with Crippen molar-refractivity contribution >= 4 is 47.8 Å². The third-order valence-electron chi connectivity index (χ3n) is 1.26. The SMILES string of the molecule is COc1cc(C(Br)(Br)Br)oc(=O)c1. The van der Waals surface area contributed by atoms with Crippen molar-refractivity contribution in [1.29, 1.82) is 0 Å². The maximum absolute atomic E-state index is 11.0. The molecule has 0 unspecified atom stereocenters. The average molecular weight is 377 g/mol. The molecule has 0 spiro atoms. The summed E-state index contributed by atoms with van der Waals surface area (Å²) >= 11 is 9.69. The lowest BCUT2D eigenvalue weighted by Gasteiger charge is -2.10. The zero-order valence-corrected chi connectivity index (χ0v) is 11.3. The number of alkyl halides is 3. The molecule has 6 heteroatoms. The van der Waals surface area contributed by atoms with Gasteiger partial charge in [-0.25, -0.2) is 4.79 Å². The number of halogens is 3. The van der Waals surface area contributed by atoms with E-state index in [1.807, 2.05) is 0 Å². The van der Waals surface area contributed by atoms with Crippen molar-refractivity contribution in [2.24, 2.45) is 0 Å². The smallest absolute Gasteiger partial charge is 0.339 e. The Balaban J connectivity index is 3.24. The van der Waals surface area contributed by atoms with E-state index >= 15 is 0 Å². The molecule has 1 rings (SSSR count). The molecule has 0 amide bonds. The Morgan fingerprint density at radius 1 is 1.38 bits per heavy atom. The van der Waals surface area contributed by atoms with Crippen LogP contribution in [0.1, 0.15) is 5.76 Å². The molecule has 0 aliphatic rings. The second-order valence-corrected chi connectivity index (χ2v) is 8.94. The van der Waals surface area contributed by atoms with Crippen LogP contribution in [0.3, 0.4) is 0 Å². The summed E-state index contributed by atoms with van der Waals surface area (Å²) in [5.74, 6) is 0.839. The van der Waals surface area contributed by atoms with E-state index in [0.717, 1.165) is 0 Å². The van der Waals surface area contributed by atoms with E-state index in [0.29, 0.717) is 11.5 Å². The Hall–Kier alpha value is 0.190. The van der Waals surface area contributed by atoms with E-state index in [2.05, 4.69) is 47.8 Å². The first kappa shape index (κ1) is 11.3. The molecule has 1 aromatic rings. The fraction of sp³-hybridized carbons (Fsp3) is 0.286. The third kappa shape index (κ3) is 3.11. The maximum atomic E-state index is 11.0. The summed E-state index contributed by atoms with van der Waals surface area (Å²) in [4.78, 5) is 11.0. The molecular formula is C7H5Br3O3. The lowest BCUT2D eigenvalue weighted by atomic mass is 10.4. The Kier molecular flexibility index (Phi) is 3.59. The number of hydrogen-bond donors (Lipinski definition) is 0. The molecule has 1 aromatic heterocycles. The van der Waals surface area contributed by atoms with Crippen molar-refractivity contribution in [1.82, 2.24) is 0 Å². The fourth-order valence-corrected chi connectivity index (χ4v) is 1.30. The molecule has 0 aliphatic carbocycles. The molecule has 0 fully saturated rings. The quantitative estimate of drug-likeness (QED) is 0.707. The van der Waals surface area contributed by atoms with Gasteiger partial charge in [0.05, 0.1) is 13.2 Å². The summed E-state index contributed by atoms with van der Waals surface area (Å²) in [6.07, 6.45) is 0. The molecular weight excluding hydrogens is 372 g/mol. The molecule has 0 aromatic carbocycles. The van der Waals surface area contributed by atoms with Gasteiger partial charge in [0, 0.05) is 6.07 Å². The number of rotatable bonds is 1. The van der Waals surface area contributed by atoms with Crippen LogP contribution in [-0.2, 0) is 2.14 Å². The molecule has 0 N–H and O–H groups in total. The molecule has 0 aliphatic heterocycles. The molecule has 0 radical (unpaired) electrons. The highest BCUT2D eigenvalue weighted by Crippen LogP contribution is 2.44. The van der Waals surface area contributed by atoms with Gasteiger partial charge < -0.3 is 9.15 Å². The van der Waals surface area contributed by atoms with Crippen LogP contribution >= 0.6 is 47.8 Å². The predicted molar refractivity (Wildman–Crippen MR) is 60.0 cm³/mol. The molecule has 0 saturated heterocycles. The lowest BCUT2D eigenvalue weighted by molar-refractivity contribution is 0.395. The second kappa shape index (κ2) is 4.14. The van der Waals surface area contributed by atoms with Crippen molar-refractivity contribution in [3.63, 3.8) is 0 Å². The van der Waals surface area contributed by atoms with E-state index in [-0.39, 0.29) is 0 Å². The van der Waals surface area contributed by atoms with Crippen molar-refractivity contribution < 1.29 is 9.15 Å². The van der Waals surface area contributed by atoms with Gasteiger partial charge in [0.1, 0.15) is 11.5 Å². The van der Waals surface area contributed by atoms with E-state index < -0.39 is 7.77 Å². The van der Waals surface area contributed by atoms with Crippen LogP contribution in [0.2, 0.25) is 0 Å². The largest absolute Gasteiger partial charge is 0.496 e. The summed E-state index contributed by atoms with van der Waals surface area (Å²) in [6.45, 7) is 0. The van der Waals surface area contributed by atoms with Gasteiger partial charge in [0.15, 0.2) is 2.14 Å². The van der Waals surface area contributed by atoms with E-state index in [1.165, 1.54) is 13.2 Å². The zero-order chi connectivity index (χ0) is 10.1. The molecule has 13 heavy (non-hydrogen) atoms. The van der Waals surface area contributed by atoms with Crippen LogP contribution in [0.15, 0.2) is 21.3 Å². The normalized spacial score (nSPS) is 11.4. The highest BCUT2D eigenvalue weighted by atomic mass is 80.0. The van der Waals surface area contributed by atoms with Gasteiger partial charge >= 0.3 is 5.63 Å². The third-order valence-corrected chi connectivity index (χ3v) is 2.43. The minimum Gasteiger partial charge on any atom is -0.496 e. The highest BCUT2D eigenvalue weighted by Gasteiger charge is 2.25. The van der Waals surface area contributed by atoms with Crippen molar-refractivity contribution in [3.8, 4) is 5.75 Å². The van der Waals surface area contributed by atoms with Crippen LogP contribution in [-0.4, -0.2) is 7.11 Å². The van der Waals surface area contributed by atoms with E-state index in [4.69, 9.17) is 9.15 Å². The molecule has 0 bridgehead atoms. The average Bonchev–Trinajstić information content (AvgIpc) is 2.01. The summed E-state index contributed by atoms with van der Waals surface area (Å²) in [7, 11) is 1.48. The molecule has 72 valence electrons. The first-order valence-corrected chi connectivity index (χ1v) is 5.58. The predicted octanol–water partition coefficient (Wildman–Crippen LogP) is 2.94. The van der Waals surface area contributed by atoms with Crippen molar-refractivity contribution in [3.05, 3.63) is 28.3 Å². The van der Waals surface area contributed by atoms with Crippen LogP contribution in [0.5, 0.6) is 5.75 Å². The van der Waals surface area contributed by atoms with Gasteiger partial charge in [0.2, 0.25) is 0 Å². The topological polar surface area (TPSA) is 39.4 Å². The van der Waals surface area contributed by atoms with E-state index in [9.17, 15) is 4.79 Å².